The molecule has 0 radical (unpaired) electrons. The van der Waals surface area contributed by atoms with Gasteiger partial charge in [0.05, 0.1) is 11.0 Å². The first kappa shape index (κ1) is 27.6. The zero-order chi connectivity index (χ0) is 30.0. The molecule has 1 atom stereocenters. The molecule has 10 nitrogen and oxygen atoms in total. The minimum absolute atomic E-state index is 0.353. The number of aryl methyl sites for hydroxylation is 2. The highest BCUT2D eigenvalue weighted by Gasteiger charge is 2.25. The summed E-state index contributed by atoms with van der Waals surface area (Å²) in [6, 6.07) is 27.2. The number of aromatic nitrogens is 6. The molecule has 0 fully saturated rings. The highest BCUT2D eigenvalue weighted by atomic mass is 16.5. The van der Waals surface area contributed by atoms with Crippen LogP contribution in [0, 0.1) is 25.7 Å². The summed E-state index contributed by atoms with van der Waals surface area (Å²) in [5.41, 5.74) is 2.88. The summed E-state index contributed by atoms with van der Waals surface area (Å²) >= 11 is 0. The van der Waals surface area contributed by atoms with Crippen LogP contribution in [0.2, 0.25) is 0 Å². The third-order valence-electron chi connectivity index (χ3n) is 6.80. The Kier molecular flexibility index (Phi) is 7.32. The van der Waals surface area contributed by atoms with E-state index in [4.69, 9.17) is 19.5 Å². The lowest BCUT2D eigenvalue weighted by atomic mass is 10.0. The smallest absolute Gasteiger partial charge is 0.242 e. The van der Waals surface area contributed by atoms with Crippen LogP contribution in [0.3, 0.4) is 0 Å². The zero-order valence-electron chi connectivity index (χ0n) is 24.3. The molecule has 6 aromatic rings. The van der Waals surface area contributed by atoms with Crippen LogP contribution in [-0.4, -0.2) is 41.3 Å². The molecule has 0 amide bonds. The van der Waals surface area contributed by atoms with Gasteiger partial charge in [-0.3, -0.25) is 0 Å². The van der Waals surface area contributed by atoms with Gasteiger partial charge < -0.3 is 19.8 Å². The third-order valence-corrected chi connectivity index (χ3v) is 6.80. The number of para-hydroxylation sites is 2. The van der Waals surface area contributed by atoms with Crippen molar-refractivity contribution in [1.82, 2.24) is 29.7 Å². The molecule has 214 valence electrons. The number of fused-ring (bicyclic) bond motifs is 1. The molecule has 0 bridgehead atoms. The fraction of sp³-hybridized carbons (Fsp3) is 0.182. The lowest BCUT2D eigenvalue weighted by Crippen LogP contribution is -2.21. The van der Waals surface area contributed by atoms with Gasteiger partial charge in [0.15, 0.2) is 5.60 Å². The minimum atomic E-state index is -1.49. The molecule has 0 aliphatic carbocycles. The lowest BCUT2D eigenvalue weighted by molar-refractivity contribution is 0.112. The molecule has 0 saturated carbocycles. The number of hydrogen-bond donors (Lipinski definition) is 2. The minimum Gasteiger partial charge on any atom is -0.372 e. The molecule has 0 aliphatic rings. The van der Waals surface area contributed by atoms with E-state index in [1.807, 2.05) is 90.4 Å². The van der Waals surface area contributed by atoms with Gasteiger partial charge in [0.25, 0.3) is 0 Å². The van der Waals surface area contributed by atoms with E-state index >= 15 is 0 Å². The Labute approximate surface area is 249 Å². The van der Waals surface area contributed by atoms with Gasteiger partial charge in [0.1, 0.15) is 17.3 Å². The van der Waals surface area contributed by atoms with Crippen molar-refractivity contribution in [1.29, 1.82) is 0 Å². The molecule has 2 N–H and O–H groups in total. The molecule has 0 saturated heterocycles. The van der Waals surface area contributed by atoms with Crippen LogP contribution in [0.15, 0.2) is 89.5 Å². The van der Waals surface area contributed by atoms with Gasteiger partial charge in [-0.1, -0.05) is 53.4 Å². The average molecular weight is 571 g/mol. The van der Waals surface area contributed by atoms with Crippen LogP contribution in [0.1, 0.15) is 36.7 Å². The Hall–Kier alpha value is -5.53. The summed E-state index contributed by atoms with van der Waals surface area (Å²) in [4.78, 5) is 21.2. The largest absolute Gasteiger partial charge is 0.372 e. The number of anilines is 4. The molecular formula is C33H30N8O2. The van der Waals surface area contributed by atoms with Gasteiger partial charge >= 0.3 is 0 Å². The van der Waals surface area contributed by atoms with Crippen molar-refractivity contribution in [2.24, 2.45) is 0 Å². The second-order valence-corrected chi connectivity index (χ2v) is 10.2. The van der Waals surface area contributed by atoms with E-state index in [-0.39, 0.29) is 0 Å². The number of benzene rings is 3. The maximum atomic E-state index is 11.0. The van der Waals surface area contributed by atoms with Crippen molar-refractivity contribution >= 4 is 34.3 Å². The molecule has 10 heteroatoms. The number of nitrogens with one attached hydrogen (secondary N) is 1. The average Bonchev–Trinajstić information content (AvgIpc) is 3.61. The van der Waals surface area contributed by atoms with Crippen molar-refractivity contribution < 1.29 is 9.63 Å². The Bertz CT molecular complexity index is 1950. The molecule has 6 rings (SSSR count). The number of rotatable bonds is 7. The van der Waals surface area contributed by atoms with Crippen molar-refractivity contribution in [2.45, 2.75) is 33.3 Å². The summed E-state index contributed by atoms with van der Waals surface area (Å²) in [5.74, 6) is 8.66. The van der Waals surface area contributed by atoms with E-state index in [9.17, 15) is 5.11 Å². The molecule has 0 unspecified atom stereocenters. The Morgan fingerprint density at radius 3 is 2.37 bits per heavy atom. The molecule has 43 heavy (non-hydrogen) atoms. The standard InChI is InChI=1S/C33H30N8O2/c1-5-40(26-14-10-7-11-15-26)32-37-27-17-16-24(18-19-33(4,42)29-20-22(2)43-39-29)21-28(27)41(32)31-35-23(3)34-30(38-31)36-25-12-8-6-9-13-25/h6-17,20-21,42H,5H2,1-4H3,(H,34,35,36,38)/t33-/m1/s1. The Morgan fingerprint density at radius 2 is 1.67 bits per heavy atom. The maximum Gasteiger partial charge on any atom is 0.242 e. The number of hydrogen-bond acceptors (Lipinski definition) is 9. The first-order valence-electron chi connectivity index (χ1n) is 13.9. The van der Waals surface area contributed by atoms with E-state index in [2.05, 4.69) is 39.1 Å². The zero-order valence-corrected chi connectivity index (χ0v) is 24.3. The molecule has 0 spiro atoms. The molecular weight excluding hydrogens is 540 g/mol. The van der Waals surface area contributed by atoms with Crippen LogP contribution in [0.4, 0.5) is 23.3 Å². The van der Waals surface area contributed by atoms with Gasteiger partial charge in [0, 0.05) is 29.5 Å². The van der Waals surface area contributed by atoms with E-state index in [0.29, 0.717) is 47.2 Å². The SMILES string of the molecule is CCN(c1ccccc1)c1nc2ccc(C#C[C@@](C)(O)c3cc(C)on3)cc2n1-c1nc(C)nc(Nc2ccccc2)n1. The first-order valence-corrected chi connectivity index (χ1v) is 13.9. The lowest BCUT2D eigenvalue weighted by Gasteiger charge is -2.23. The summed E-state index contributed by atoms with van der Waals surface area (Å²) in [6.07, 6.45) is 0. The number of nitrogens with zero attached hydrogens (tertiary/aromatic N) is 7. The van der Waals surface area contributed by atoms with E-state index < -0.39 is 5.60 Å². The van der Waals surface area contributed by atoms with E-state index in [1.54, 1.807) is 19.9 Å². The predicted octanol–water partition coefficient (Wildman–Crippen LogP) is 5.98. The second kappa shape index (κ2) is 11.4. The van der Waals surface area contributed by atoms with Gasteiger partial charge in [-0.05, 0) is 70.2 Å². The quantitative estimate of drug-likeness (QED) is 0.224. The monoisotopic (exact) mass is 570 g/mol. The summed E-state index contributed by atoms with van der Waals surface area (Å²) in [7, 11) is 0. The molecule has 3 heterocycles. The van der Waals surface area contributed by atoms with Crippen molar-refractivity contribution in [3.05, 3.63) is 108 Å². The van der Waals surface area contributed by atoms with Crippen LogP contribution < -0.4 is 10.2 Å². The van der Waals surface area contributed by atoms with E-state index in [1.165, 1.54) is 0 Å². The Morgan fingerprint density at radius 1 is 0.930 bits per heavy atom. The van der Waals surface area contributed by atoms with Gasteiger partial charge in [-0.2, -0.15) is 15.0 Å². The van der Waals surface area contributed by atoms with Crippen molar-refractivity contribution in [3.63, 3.8) is 0 Å². The fourth-order valence-corrected chi connectivity index (χ4v) is 4.69. The maximum absolute atomic E-state index is 11.0. The number of imidazole rings is 1. The van der Waals surface area contributed by atoms with Crippen molar-refractivity contribution in [3.8, 4) is 17.8 Å². The van der Waals surface area contributed by atoms with Gasteiger partial charge in [-0.25, -0.2) is 9.55 Å². The van der Waals surface area contributed by atoms with E-state index in [0.717, 1.165) is 22.4 Å². The van der Waals surface area contributed by atoms with Crippen LogP contribution in [0.5, 0.6) is 0 Å². The third kappa shape index (κ3) is 5.80. The summed E-state index contributed by atoms with van der Waals surface area (Å²) < 4.78 is 7.05. The highest BCUT2D eigenvalue weighted by molar-refractivity contribution is 5.83. The summed E-state index contributed by atoms with van der Waals surface area (Å²) in [6.45, 7) is 7.92. The first-order chi connectivity index (χ1) is 20.8. The van der Waals surface area contributed by atoms with Crippen LogP contribution >= 0.6 is 0 Å². The normalized spacial score (nSPS) is 12.4. The fourth-order valence-electron chi connectivity index (χ4n) is 4.69. The molecule has 3 aromatic carbocycles. The van der Waals surface area contributed by atoms with Gasteiger partial charge in [0.2, 0.25) is 17.8 Å². The Balaban J connectivity index is 1.51. The molecule has 3 aromatic heterocycles. The van der Waals surface area contributed by atoms with Gasteiger partial charge in [-0.15, -0.1) is 0 Å². The second-order valence-electron chi connectivity index (χ2n) is 10.2. The summed E-state index contributed by atoms with van der Waals surface area (Å²) in [5, 5.41) is 18.2. The predicted molar refractivity (Wildman–Crippen MR) is 166 cm³/mol. The topological polar surface area (TPSA) is 118 Å². The van der Waals surface area contributed by atoms with Crippen LogP contribution in [-0.2, 0) is 5.60 Å². The highest BCUT2D eigenvalue weighted by Crippen LogP contribution is 2.31. The number of aliphatic hydroxyl groups is 1. The van der Waals surface area contributed by atoms with Crippen LogP contribution in [0.25, 0.3) is 17.0 Å². The molecule has 0 aliphatic heterocycles. The van der Waals surface area contributed by atoms with Crippen molar-refractivity contribution in [2.75, 3.05) is 16.8 Å².